The summed E-state index contributed by atoms with van der Waals surface area (Å²) in [6.45, 7) is 3.73. The highest BCUT2D eigenvalue weighted by Crippen LogP contribution is 2.47. The second kappa shape index (κ2) is 37.3. The monoisotopic (exact) mass is 894 g/mol. The highest BCUT2D eigenvalue weighted by atomic mass is 31.2. The Morgan fingerprint density at radius 3 is 1.34 bits per heavy atom. The highest BCUT2D eigenvalue weighted by Gasteiger charge is 2.51. The van der Waals surface area contributed by atoms with Crippen LogP contribution in [0.5, 0.6) is 0 Å². The lowest BCUT2D eigenvalue weighted by molar-refractivity contribution is -0.220. The number of allylic oxidation sites excluding steroid dienone is 1. The number of unbranched alkanes of at least 4 members (excludes halogenated alkanes) is 28. The van der Waals surface area contributed by atoms with Gasteiger partial charge in [-0.2, -0.15) is 0 Å². The van der Waals surface area contributed by atoms with Crippen LogP contribution in [0.4, 0.5) is 0 Å². The minimum Gasteiger partial charge on any atom is -0.393 e. The zero-order chi connectivity index (χ0) is 45.1. The Balaban J connectivity index is 2.43. The van der Waals surface area contributed by atoms with Gasteiger partial charge < -0.3 is 46.0 Å². The van der Waals surface area contributed by atoms with Crippen molar-refractivity contribution in [2.45, 2.75) is 274 Å². The molecular weight excluding hydrogens is 801 g/mol. The van der Waals surface area contributed by atoms with Crippen LogP contribution in [0.3, 0.4) is 0 Å². The van der Waals surface area contributed by atoms with Crippen LogP contribution in [0.2, 0.25) is 0 Å². The van der Waals surface area contributed by atoms with Gasteiger partial charge in [0.2, 0.25) is 5.91 Å². The SMILES string of the molecule is CCCCCCCCCCC/C=C/C(O)C(COP(=O)(O)OC1C(O)C(O)C(O)C(O)C1O)NC(=O)CC(O)CCCCCCCCCCCCCCCCCCCCCC. The summed E-state index contributed by atoms with van der Waals surface area (Å²) in [6, 6.07) is -1.23. The standard InChI is InChI=1S/C47H92NO12P/c1-3-5-7-9-11-13-15-16-17-18-19-20-21-22-23-25-26-28-30-32-34-38(49)36-41(51)48-39(40(50)35-33-31-29-27-24-14-12-10-8-6-4-2)37-59-61(57,58)60-47-45(55)43(53)42(52)44(54)46(47)56/h33,35,38-40,42-47,49-50,52-56H,3-32,34,36-37H2,1-2H3,(H,48,51)(H,57,58)/b35-33+. The zero-order valence-electron chi connectivity index (χ0n) is 38.3. The molecular formula is C47H92NO12P. The number of hydrogen-bond acceptors (Lipinski definition) is 11. The van der Waals surface area contributed by atoms with E-state index in [-0.39, 0.29) is 6.42 Å². The molecule has 14 heteroatoms. The van der Waals surface area contributed by atoms with E-state index in [0.717, 1.165) is 44.9 Å². The van der Waals surface area contributed by atoms with Gasteiger partial charge in [0, 0.05) is 0 Å². The number of hydrogen-bond donors (Lipinski definition) is 9. The van der Waals surface area contributed by atoms with Crippen LogP contribution in [-0.2, 0) is 18.4 Å². The Morgan fingerprint density at radius 1 is 0.574 bits per heavy atom. The molecule has 0 spiro atoms. The van der Waals surface area contributed by atoms with E-state index >= 15 is 0 Å². The van der Waals surface area contributed by atoms with Crippen molar-refractivity contribution in [3.63, 3.8) is 0 Å². The summed E-state index contributed by atoms with van der Waals surface area (Å²) in [5.41, 5.74) is 0. The van der Waals surface area contributed by atoms with E-state index in [1.165, 1.54) is 147 Å². The van der Waals surface area contributed by atoms with E-state index < -0.39 is 75.2 Å². The molecule has 0 bridgehead atoms. The molecule has 0 radical (unpaired) electrons. The fraction of sp³-hybridized carbons (Fsp3) is 0.936. The minimum absolute atomic E-state index is 0.240. The molecule has 0 saturated heterocycles. The van der Waals surface area contributed by atoms with E-state index in [9.17, 15) is 50.0 Å². The molecule has 8 unspecified atom stereocenters. The number of carbonyl (C=O) groups is 1. The number of carbonyl (C=O) groups excluding carboxylic acids is 1. The average molecular weight is 894 g/mol. The third-order valence-corrected chi connectivity index (χ3v) is 13.1. The maximum atomic E-state index is 13.0. The zero-order valence-corrected chi connectivity index (χ0v) is 39.2. The van der Waals surface area contributed by atoms with Gasteiger partial charge in [-0.3, -0.25) is 13.8 Å². The van der Waals surface area contributed by atoms with E-state index in [0.29, 0.717) is 12.8 Å². The van der Waals surface area contributed by atoms with Crippen LogP contribution >= 0.6 is 7.82 Å². The Morgan fingerprint density at radius 2 is 0.934 bits per heavy atom. The maximum absolute atomic E-state index is 13.0. The number of amides is 1. The predicted octanol–water partition coefficient (Wildman–Crippen LogP) is 8.59. The van der Waals surface area contributed by atoms with Crippen molar-refractivity contribution in [2.75, 3.05) is 6.61 Å². The summed E-state index contributed by atoms with van der Waals surface area (Å²) >= 11 is 0. The molecule has 8 atom stereocenters. The topological polar surface area (TPSA) is 226 Å². The van der Waals surface area contributed by atoms with Crippen molar-refractivity contribution < 1.29 is 59.0 Å². The van der Waals surface area contributed by atoms with Crippen LogP contribution < -0.4 is 5.32 Å². The lowest BCUT2D eigenvalue weighted by atomic mass is 9.85. The largest absolute Gasteiger partial charge is 0.472 e. The molecule has 0 aromatic rings. The molecule has 0 aromatic carbocycles. The van der Waals surface area contributed by atoms with Crippen molar-refractivity contribution in [2.24, 2.45) is 0 Å². The van der Waals surface area contributed by atoms with Crippen LogP contribution in [-0.4, -0.2) is 108 Å². The summed E-state index contributed by atoms with van der Waals surface area (Å²) in [6.07, 6.45) is 26.0. The van der Waals surface area contributed by atoms with Gasteiger partial charge >= 0.3 is 7.82 Å². The molecule has 1 rings (SSSR count). The number of phosphoric ester groups is 1. The quantitative estimate of drug-likeness (QED) is 0.0160. The lowest BCUT2D eigenvalue weighted by Gasteiger charge is -2.41. The average Bonchev–Trinajstić information content (AvgIpc) is 3.23. The number of rotatable bonds is 41. The van der Waals surface area contributed by atoms with Gasteiger partial charge in [-0.05, 0) is 19.3 Å². The van der Waals surface area contributed by atoms with E-state index in [1.54, 1.807) is 6.08 Å². The summed E-state index contributed by atoms with van der Waals surface area (Å²) < 4.78 is 22.8. The van der Waals surface area contributed by atoms with Crippen LogP contribution in [0.1, 0.15) is 219 Å². The molecule has 0 heterocycles. The Labute approximate surface area is 370 Å². The highest BCUT2D eigenvalue weighted by molar-refractivity contribution is 7.47. The summed E-state index contributed by atoms with van der Waals surface area (Å²) in [5.74, 6) is -0.590. The number of aliphatic hydroxyl groups excluding tert-OH is 7. The molecule has 13 nitrogen and oxygen atoms in total. The first-order valence-electron chi connectivity index (χ1n) is 24.7. The van der Waals surface area contributed by atoms with Crippen LogP contribution in [0.15, 0.2) is 12.2 Å². The van der Waals surface area contributed by atoms with Crippen molar-refractivity contribution in [3.8, 4) is 0 Å². The predicted molar refractivity (Wildman–Crippen MR) is 243 cm³/mol. The molecule has 1 aliphatic rings. The fourth-order valence-corrected chi connectivity index (χ4v) is 9.03. The van der Waals surface area contributed by atoms with Gasteiger partial charge in [0.25, 0.3) is 0 Å². The molecule has 61 heavy (non-hydrogen) atoms. The maximum Gasteiger partial charge on any atom is 0.472 e. The summed E-state index contributed by atoms with van der Waals surface area (Å²) in [5, 5.41) is 74.4. The molecule has 362 valence electrons. The molecule has 1 amide bonds. The Kier molecular flexibility index (Phi) is 35.5. The minimum atomic E-state index is -5.13. The van der Waals surface area contributed by atoms with Crippen LogP contribution in [0, 0.1) is 0 Å². The van der Waals surface area contributed by atoms with Crippen molar-refractivity contribution >= 4 is 13.7 Å². The third-order valence-electron chi connectivity index (χ3n) is 12.1. The summed E-state index contributed by atoms with van der Waals surface area (Å²) in [7, 11) is -5.13. The summed E-state index contributed by atoms with van der Waals surface area (Å²) in [4.78, 5) is 23.4. The number of nitrogens with one attached hydrogen (secondary N) is 1. The fourth-order valence-electron chi connectivity index (χ4n) is 8.07. The van der Waals surface area contributed by atoms with Gasteiger partial charge in [0.1, 0.15) is 36.6 Å². The number of aliphatic hydroxyl groups is 7. The van der Waals surface area contributed by atoms with E-state index in [2.05, 4.69) is 19.2 Å². The van der Waals surface area contributed by atoms with Gasteiger partial charge in [-0.25, -0.2) is 4.57 Å². The lowest BCUT2D eigenvalue weighted by Crippen LogP contribution is -2.64. The molecule has 9 N–H and O–H groups in total. The van der Waals surface area contributed by atoms with Crippen molar-refractivity contribution in [1.82, 2.24) is 5.32 Å². The third kappa shape index (κ3) is 29.2. The molecule has 0 aliphatic heterocycles. The van der Waals surface area contributed by atoms with Crippen molar-refractivity contribution in [3.05, 3.63) is 12.2 Å². The van der Waals surface area contributed by atoms with Gasteiger partial charge in [0.05, 0.1) is 31.3 Å². The Hall–Kier alpha value is -0.960. The number of phosphoric acid groups is 1. The van der Waals surface area contributed by atoms with Gasteiger partial charge in [-0.1, -0.05) is 206 Å². The first kappa shape index (κ1) is 58.1. The second-order valence-corrected chi connectivity index (χ2v) is 19.3. The molecule has 0 aromatic heterocycles. The molecule has 1 fully saturated rings. The normalized spacial score (nSPS) is 23.2. The second-order valence-electron chi connectivity index (χ2n) is 17.9. The van der Waals surface area contributed by atoms with E-state index in [4.69, 9.17) is 9.05 Å². The van der Waals surface area contributed by atoms with Crippen molar-refractivity contribution in [1.29, 1.82) is 0 Å². The smallest absolute Gasteiger partial charge is 0.393 e. The van der Waals surface area contributed by atoms with Gasteiger partial charge in [0.15, 0.2) is 0 Å². The van der Waals surface area contributed by atoms with E-state index in [1.807, 2.05) is 0 Å². The molecule has 1 aliphatic carbocycles. The molecule has 1 saturated carbocycles. The van der Waals surface area contributed by atoms with Crippen LogP contribution in [0.25, 0.3) is 0 Å². The first-order valence-corrected chi connectivity index (χ1v) is 26.2. The van der Waals surface area contributed by atoms with Gasteiger partial charge in [-0.15, -0.1) is 0 Å². The first-order chi connectivity index (χ1) is 29.3. The Bertz CT molecular complexity index is 1100.